The molecule has 0 saturated carbocycles. The average Bonchev–Trinajstić information content (AvgIpc) is 3.15. The Morgan fingerprint density at radius 2 is 1.81 bits per heavy atom. The lowest BCUT2D eigenvalue weighted by atomic mass is 9.96. The zero-order valence-electron chi connectivity index (χ0n) is 16.4. The molecule has 1 amide bonds. The van der Waals surface area contributed by atoms with Crippen LogP contribution in [0.4, 0.5) is 0 Å². The van der Waals surface area contributed by atoms with E-state index in [1.165, 1.54) is 0 Å². The molecule has 5 heteroatoms. The third-order valence-corrected chi connectivity index (χ3v) is 5.33. The van der Waals surface area contributed by atoms with Gasteiger partial charge >= 0.3 is 0 Å². The van der Waals surface area contributed by atoms with Crippen LogP contribution in [-0.4, -0.2) is 49.5 Å². The van der Waals surface area contributed by atoms with E-state index in [1.807, 2.05) is 24.8 Å². The second-order valence-electron chi connectivity index (χ2n) is 7.73. The Labute approximate surface area is 156 Å². The maximum Gasteiger partial charge on any atom is 0.263 e. The van der Waals surface area contributed by atoms with Crippen molar-refractivity contribution in [3.8, 4) is 5.75 Å². The van der Waals surface area contributed by atoms with Gasteiger partial charge in [-0.05, 0) is 49.8 Å². The summed E-state index contributed by atoms with van der Waals surface area (Å²) in [4.78, 5) is 14.8. The van der Waals surface area contributed by atoms with Crippen LogP contribution in [0.1, 0.15) is 50.7 Å². The van der Waals surface area contributed by atoms with Gasteiger partial charge in [-0.3, -0.25) is 4.79 Å². The molecule has 1 aromatic carbocycles. The molecule has 0 bridgehead atoms. The highest BCUT2D eigenvalue weighted by atomic mass is 16.7. The fourth-order valence-electron chi connectivity index (χ4n) is 3.76. The summed E-state index contributed by atoms with van der Waals surface area (Å²) in [6.07, 6.45) is 1.28. The number of rotatable bonds is 5. The molecule has 0 radical (unpaired) electrons. The summed E-state index contributed by atoms with van der Waals surface area (Å²) in [5, 5.41) is 0. The van der Waals surface area contributed by atoms with Gasteiger partial charge in [0.05, 0.1) is 13.2 Å². The molecule has 0 aliphatic carbocycles. The molecule has 2 heterocycles. The quantitative estimate of drug-likeness (QED) is 0.805. The molecule has 2 fully saturated rings. The largest absolute Gasteiger partial charge is 0.481 e. The average molecular weight is 361 g/mol. The summed E-state index contributed by atoms with van der Waals surface area (Å²) >= 11 is 0. The number of aryl methyl sites for hydroxylation is 1. The van der Waals surface area contributed by atoms with Gasteiger partial charge in [-0.1, -0.05) is 26.0 Å². The summed E-state index contributed by atoms with van der Waals surface area (Å²) < 4.78 is 17.3. The van der Waals surface area contributed by atoms with E-state index in [2.05, 4.69) is 26.0 Å². The van der Waals surface area contributed by atoms with Crippen LogP contribution < -0.4 is 4.74 Å². The zero-order chi connectivity index (χ0) is 18.7. The minimum absolute atomic E-state index is 0.0629. The number of ether oxygens (including phenoxy) is 3. The molecule has 3 rings (SSSR count). The number of piperidine rings is 1. The molecule has 144 valence electrons. The Hall–Kier alpha value is -1.59. The molecule has 2 saturated heterocycles. The fraction of sp³-hybridized carbons (Fsp3) is 0.667. The molecule has 1 aromatic rings. The number of likely N-dealkylation sites (tertiary alicyclic amines) is 1. The van der Waals surface area contributed by atoms with Crippen molar-refractivity contribution in [2.75, 3.05) is 26.3 Å². The Morgan fingerprint density at radius 1 is 1.15 bits per heavy atom. The molecule has 0 aromatic heterocycles. The molecule has 2 aliphatic rings. The van der Waals surface area contributed by atoms with E-state index in [0.717, 1.165) is 42.8 Å². The first-order valence-electron chi connectivity index (χ1n) is 9.75. The van der Waals surface area contributed by atoms with Gasteiger partial charge in [0.15, 0.2) is 12.4 Å². The number of amides is 1. The lowest BCUT2D eigenvalue weighted by molar-refractivity contribution is -0.143. The summed E-state index contributed by atoms with van der Waals surface area (Å²) in [7, 11) is 0. The number of carbonyl (C=O) groups is 1. The highest BCUT2D eigenvalue weighted by Gasteiger charge is 2.33. The molecule has 1 unspecified atom stereocenters. The first-order valence-corrected chi connectivity index (χ1v) is 9.75. The summed E-state index contributed by atoms with van der Waals surface area (Å²) in [5.41, 5.74) is 2.28. The summed E-state index contributed by atoms with van der Waals surface area (Å²) in [6, 6.07) is 6.21. The molecule has 26 heavy (non-hydrogen) atoms. The van der Waals surface area contributed by atoms with Gasteiger partial charge in [-0.25, -0.2) is 0 Å². The van der Waals surface area contributed by atoms with Crippen molar-refractivity contribution in [3.05, 3.63) is 29.3 Å². The van der Waals surface area contributed by atoms with E-state index in [1.54, 1.807) is 0 Å². The van der Waals surface area contributed by atoms with Crippen molar-refractivity contribution in [1.29, 1.82) is 0 Å². The van der Waals surface area contributed by atoms with Crippen LogP contribution in [-0.2, 0) is 14.3 Å². The number of carbonyl (C=O) groups excluding carboxylic acids is 1. The highest BCUT2D eigenvalue weighted by Crippen LogP contribution is 2.29. The van der Waals surface area contributed by atoms with Gasteiger partial charge in [0.1, 0.15) is 5.75 Å². The van der Waals surface area contributed by atoms with E-state index in [-0.39, 0.29) is 12.2 Å². The van der Waals surface area contributed by atoms with Crippen LogP contribution in [0.25, 0.3) is 0 Å². The maximum absolute atomic E-state index is 12.8. The summed E-state index contributed by atoms with van der Waals surface area (Å²) in [6.45, 7) is 11.0. The van der Waals surface area contributed by atoms with Gasteiger partial charge in [-0.2, -0.15) is 0 Å². The lowest BCUT2D eigenvalue weighted by Gasteiger charge is -2.35. The van der Waals surface area contributed by atoms with E-state index >= 15 is 0 Å². The molecular weight excluding hydrogens is 330 g/mol. The normalized spacial score (nSPS) is 20.6. The fourth-order valence-corrected chi connectivity index (χ4v) is 3.76. The Morgan fingerprint density at radius 3 is 2.42 bits per heavy atom. The molecule has 2 aliphatic heterocycles. The van der Waals surface area contributed by atoms with Crippen LogP contribution >= 0.6 is 0 Å². The van der Waals surface area contributed by atoms with E-state index in [4.69, 9.17) is 14.2 Å². The summed E-state index contributed by atoms with van der Waals surface area (Å²) in [5.74, 6) is 1.63. The number of nitrogens with zero attached hydrogens (tertiary/aromatic N) is 1. The van der Waals surface area contributed by atoms with Gasteiger partial charge in [0, 0.05) is 19.0 Å². The third-order valence-electron chi connectivity index (χ3n) is 5.33. The Bertz CT molecular complexity index is 616. The van der Waals surface area contributed by atoms with Crippen LogP contribution in [0.15, 0.2) is 18.2 Å². The minimum atomic E-state index is -0.482. The molecule has 0 spiro atoms. The van der Waals surface area contributed by atoms with Gasteiger partial charge < -0.3 is 19.1 Å². The maximum atomic E-state index is 12.8. The standard InChI is InChI=1S/C21H31NO4/c1-14(2)18-6-5-15(3)13-19(18)26-16(4)20(23)22-9-7-17(8-10-22)21-24-11-12-25-21/h5-6,13-14,16-17,21H,7-12H2,1-4H3. The molecule has 1 atom stereocenters. The zero-order valence-corrected chi connectivity index (χ0v) is 16.4. The van der Waals surface area contributed by atoms with Crippen molar-refractivity contribution in [1.82, 2.24) is 4.90 Å². The topological polar surface area (TPSA) is 48.0 Å². The second kappa shape index (κ2) is 8.40. The number of hydrogen-bond donors (Lipinski definition) is 0. The van der Waals surface area contributed by atoms with E-state index in [0.29, 0.717) is 25.0 Å². The van der Waals surface area contributed by atoms with Crippen LogP contribution in [0.5, 0.6) is 5.75 Å². The predicted octanol–water partition coefficient (Wildman–Crippen LogP) is 3.50. The van der Waals surface area contributed by atoms with Crippen molar-refractivity contribution in [2.24, 2.45) is 5.92 Å². The first kappa shape index (κ1) is 19.2. The third kappa shape index (κ3) is 4.38. The molecule has 0 N–H and O–H groups in total. The van der Waals surface area contributed by atoms with Gasteiger partial charge in [-0.15, -0.1) is 0 Å². The van der Waals surface area contributed by atoms with Gasteiger partial charge in [0.25, 0.3) is 5.91 Å². The predicted molar refractivity (Wildman–Crippen MR) is 100 cm³/mol. The number of hydrogen-bond acceptors (Lipinski definition) is 4. The van der Waals surface area contributed by atoms with Crippen LogP contribution in [0.3, 0.4) is 0 Å². The van der Waals surface area contributed by atoms with E-state index in [9.17, 15) is 4.79 Å². The minimum Gasteiger partial charge on any atom is -0.481 e. The first-order chi connectivity index (χ1) is 12.5. The molecular formula is C21H31NO4. The van der Waals surface area contributed by atoms with E-state index < -0.39 is 6.10 Å². The highest BCUT2D eigenvalue weighted by molar-refractivity contribution is 5.81. The Kier molecular flexibility index (Phi) is 6.20. The van der Waals surface area contributed by atoms with Crippen LogP contribution in [0.2, 0.25) is 0 Å². The smallest absolute Gasteiger partial charge is 0.263 e. The monoisotopic (exact) mass is 361 g/mol. The van der Waals surface area contributed by atoms with Crippen molar-refractivity contribution >= 4 is 5.91 Å². The van der Waals surface area contributed by atoms with Gasteiger partial charge in [0.2, 0.25) is 0 Å². The van der Waals surface area contributed by atoms with Crippen molar-refractivity contribution in [2.45, 2.75) is 58.8 Å². The Balaban J connectivity index is 1.58. The van der Waals surface area contributed by atoms with Crippen molar-refractivity contribution in [3.63, 3.8) is 0 Å². The second-order valence-corrected chi connectivity index (χ2v) is 7.73. The van der Waals surface area contributed by atoms with Crippen molar-refractivity contribution < 1.29 is 19.0 Å². The van der Waals surface area contributed by atoms with Crippen LogP contribution in [0, 0.1) is 12.8 Å². The SMILES string of the molecule is Cc1ccc(C(C)C)c(OC(C)C(=O)N2CCC(C3OCCO3)CC2)c1. The molecule has 5 nitrogen and oxygen atoms in total. The lowest BCUT2D eigenvalue weighted by Crippen LogP contribution is -2.46. The number of benzene rings is 1.